The summed E-state index contributed by atoms with van der Waals surface area (Å²) in [6.07, 6.45) is 4.19. The van der Waals surface area contributed by atoms with Gasteiger partial charge < -0.3 is 0 Å². The minimum absolute atomic E-state index is 0.0319. The topological polar surface area (TPSA) is 0 Å². The van der Waals surface area contributed by atoms with Crippen LogP contribution in [0.5, 0.6) is 0 Å². The average molecular weight is 863 g/mol. The first-order valence-corrected chi connectivity index (χ1v) is 24.4. The molecule has 11 aromatic carbocycles. The van der Waals surface area contributed by atoms with Gasteiger partial charge in [0, 0.05) is 10.8 Å². The molecule has 318 valence electrons. The highest BCUT2D eigenvalue weighted by Gasteiger charge is 2.48. The van der Waals surface area contributed by atoms with Gasteiger partial charge in [-0.3, -0.25) is 0 Å². The van der Waals surface area contributed by atoms with Crippen LogP contribution in [-0.4, -0.2) is 0 Å². The van der Waals surface area contributed by atoms with E-state index >= 15 is 0 Å². The van der Waals surface area contributed by atoms with E-state index in [1.807, 2.05) is 0 Å². The van der Waals surface area contributed by atoms with Crippen molar-refractivity contribution in [3.8, 4) is 66.8 Å². The van der Waals surface area contributed by atoms with Crippen molar-refractivity contribution < 1.29 is 0 Å². The molecule has 0 unspecified atom stereocenters. The van der Waals surface area contributed by atoms with Crippen LogP contribution in [0.3, 0.4) is 0 Å². The van der Waals surface area contributed by atoms with E-state index < -0.39 is 0 Å². The molecule has 0 bridgehead atoms. The molecule has 0 amide bonds. The maximum Gasteiger partial charge on any atom is 0.0296 e. The van der Waals surface area contributed by atoms with Gasteiger partial charge in [0.2, 0.25) is 0 Å². The van der Waals surface area contributed by atoms with Crippen molar-refractivity contribution >= 4 is 21.5 Å². The second-order valence-corrected chi connectivity index (χ2v) is 20.0. The molecule has 11 aromatic rings. The van der Waals surface area contributed by atoms with Crippen LogP contribution in [0.15, 0.2) is 231 Å². The minimum Gasteiger partial charge on any atom is -0.0620 e. The molecule has 0 heterocycles. The van der Waals surface area contributed by atoms with E-state index in [-0.39, 0.29) is 10.8 Å². The lowest BCUT2D eigenvalue weighted by Gasteiger charge is -2.27. The van der Waals surface area contributed by atoms with Crippen molar-refractivity contribution in [2.24, 2.45) is 0 Å². The van der Waals surface area contributed by atoms with Crippen molar-refractivity contribution in [1.29, 1.82) is 0 Å². The molecule has 0 atom stereocenters. The summed E-state index contributed by atoms with van der Waals surface area (Å²) in [4.78, 5) is 0. The van der Waals surface area contributed by atoms with Crippen molar-refractivity contribution in [2.45, 2.75) is 36.5 Å². The first-order valence-electron chi connectivity index (χ1n) is 24.4. The van der Waals surface area contributed by atoms with Crippen molar-refractivity contribution in [3.05, 3.63) is 275 Å². The lowest BCUT2D eigenvalue weighted by atomic mass is 9.75. The third kappa shape index (κ3) is 5.32. The normalized spacial score (nSPS) is 15.1. The average Bonchev–Trinajstić information content (AvgIpc) is 4.14. The van der Waals surface area contributed by atoms with E-state index in [1.165, 1.54) is 133 Å². The highest BCUT2D eigenvalue weighted by Crippen LogP contribution is 2.58. The second kappa shape index (κ2) is 14.2. The van der Waals surface area contributed by atoms with Crippen molar-refractivity contribution in [3.63, 3.8) is 0 Å². The van der Waals surface area contributed by atoms with E-state index in [2.05, 4.69) is 231 Å². The number of rotatable bonds is 4. The van der Waals surface area contributed by atoms with Crippen LogP contribution in [-0.2, 0) is 36.5 Å². The lowest BCUT2D eigenvalue weighted by molar-refractivity contribution is 0.564. The first kappa shape index (κ1) is 38.1. The Morgan fingerprint density at radius 3 is 0.853 bits per heavy atom. The summed E-state index contributed by atoms with van der Waals surface area (Å²) < 4.78 is 0. The summed E-state index contributed by atoms with van der Waals surface area (Å²) in [5, 5.41) is 5.13. The molecule has 0 aliphatic heterocycles. The van der Waals surface area contributed by atoms with Gasteiger partial charge in [-0.25, -0.2) is 0 Å². The summed E-state index contributed by atoms with van der Waals surface area (Å²) in [7, 11) is 0. The zero-order valence-corrected chi connectivity index (χ0v) is 37.8. The van der Waals surface area contributed by atoms with Crippen LogP contribution in [0.2, 0.25) is 0 Å². The predicted octanol–water partition coefficient (Wildman–Crippen LogP) is 16.8. The molecule has 2 spiro atoms. The van der Waals surface area contributed by atoms with E-state index in [0.29, 0.717) is 0 Å². The number of hydrogen-bond donors (Lipinski definition) is 0. The van der Waals surface area contributed by atoms with Crippen LogP contribution >= 0.6 is 0 Å². The lowest BCUT2D eigenvalue weighted by Crippen LogP contribution is -2.25. The summed E-state index contributed by atoms with van der Waals surface area (Å²) in [5.41, 5.74) is 27.4. The van der Waals surface area contributed by atoms with Gasteiger partial charge in [-0.1, -0.05) is 218 Å². The van der Waals surface area contributed by atoms with E-state index in [0.717, 1.165) is 25.7 Å². The smallest absolute Gasteiger partial charge is 0.0296 e. The molecule has 0 saturated carbocycles. The molecule has 0 saturated heterocycles. The molecule has 0 N–H and O–H groups in total. The van der Waals surface area contributed by atoms with Gasteiger partial charge in [0.15, 0.2) is 0 Å². The first-order chi connectivity index (χ1) is 33.6. The number of fused-ring (bicyclic) bond motifs is 14. The summed E-state index contributed by atoms with van der Waals surface area (Å²) in [6.45, 7) is 0. The molecule has 0 fully saturated rings. The largest absolute Gasteiger partial charge is 0.0620 e. The second-order valence-electron chi connectivity index (χ2n) is 20.0. The Bertz CT molecular complexity index is 3610. The SMILES string of the molecule is c1ccc2c(c1)CC1(C2)c2ccccc2-c2ccc(-c3cccc4c(-c5ccc(-c6cccc7c(-c8ccc9c(c8)C8(Cc%10ccccc%10C8)c8ccccc8-9)cccc67)cc5)cccc34)cc21. The summed E-state index contributed by atoms with van der Waals surface area (Å²) in [5.74, 6) is 0. The maximum atomic E-state index is 2.53. The molecule has 0 radical (unpaired) electrons. The zero-order valence-electron chi connectivity index (χ0n) is 37.8. The Hall–Kier alpha value is -8.06. The van der Waals surface area contributed by atoms with E-state index in [1.54, 1.807) is 0 Å². The van der Waals surface area contributed by atoms with Crippen LogP contribution in [0, 0.1) is 0 Å². The van der Waals surface area contributed by atoms with Gasteiger partial charge in [0.25, 0.3) is 0 Å². The quantitative estimate of drug-likeness (QED) is 0.165. The molecule has 4 aliphatic carbocycles. The highest BCUT2D eigenvalue weighted by molar-refractivity contribution is 6.07. The molecular weight excluding hydrogens is 817 g/mol. The fourth-order valence-corrected chi connectivity index (χ4v) is 13.7. The fourth-order valence-electron chi connectivity index (χ4n) is 13.7. The van der Waals surface area contributed by atoms with Gasteiger partial charge in [0.1, 0.15) is 0 Å². The van der Waals surface area contributed by atoms with E-state index in [4.69, 9.17) is 0 Å². The Morgan fingerprint density at radius 1 is 0.206 bits per heavy atom. The van der Waals surface area contributed by atoms with Crippen molar-refractivity contribution in [2.75, 3.05) is 0 Å². The van der Waals surface area contributed by atoms with Crippen LogP contribution < -0.4 is 0 Å². The Morgan fingerprint density at radius 2 is 0.485 bits per heavy atom. The Labute approximate surface area is 397 Å². The van der Waals surface area contributed by atoms with Gasteiger partial charge in [0.05, 0.1) is 0 Å². The maximum absolute atomic E-state index is 2.53. The van der Waals surface area contributed by atoms with Gasteiger partial charge in [-0.15, -0.1) is 0 Å². The third-order valence-corrected chi connectivity index (χ3v) is 16.7. The molecular formula is C68H46. The summed E-state index contributed by atoms with van der Waals surface area (Å²) >= 11 is 0. The van der Waals surface area contributed by atoms with Gasteiger partial charge in [-0.05, 0) is 171 Å². The summed E-state index contributed by atoms with van der Waals surface area (Å²) in [6, 6.07) is 87.7. The van der Waals surface area contributed by atoms with Crippen LogP contribution in [0.1, 0.15) is 44.5 Å². The molecule has 15 rings (SSSR count). The third-order valence-electron chi connectivity index (χ3n) is 16.7. The zero-order chi connectivity index (χ0) is 44.6. The standard InChI is InChI=1S/C68H46/c1-2-14-48-40-67(39-47(48)13-1)63-27-7-5-17-59(63)61-35-33-45(37-65(61)67)53-21-11-23-55-51(19-9-25-57(53)55)43-29-31-44(32-30-43)52-20-10-26-58-54(22-12-24-56(52)58)46-34-36-62-60-18-6-8-28-64(60)68(66(62)38-46)41-49-15-3-4-16-50(49)42-68/h1-38H,39-42H2. The Balaban J connectivity index is 0.780. The van der Waals surface area contributed by atoms with Gasteiger partial charge in [-0.2, -0.15) is 0 Å². The molecule has 0 aromatic heterocycles. The van der Waals surface area contributed by atoms with Crippen LogP contribution in [0.4, 0.5) is 0 Å². The minimum atomic E-state index is -0.0319. The molecule has 68 heavy (non-hydrogen) atoms. The highest BCUT2D eigenvalue weighted by atomic mass is 14.5. The van der Waals surface area contributed by atoms with Gasteiger partial charge >= 0.3 is 0 Å². The monoisotopic (exact) mass is 862 g/mol. The van der Waals surface area contributed by atoms with Crippen LogP contribution in [0.25, 0.3) is 88.3 Å². The molecule has 0 heteroatoms. The molecule has 4 aliphatic rings. The van der Waals surface area contributed by atoms with E-state index in [9.17, 15) is 0 Å². The number of hydrogen-bond acceptors (Lipinski definition) is 0. The molecule has 0 nitrogen and oxygen atoms in total. The van der Waals surface area contributed by atoms with Crippen molar-refractivity contribution in [1.82, 2.24) is 0 Å². The number of benzene rings is 11. The fraction of sp³-hybridized carbons (Fsp3) is 0.0882. The Kier molecular flexibility index (Phi) is 7.97. The predicted molar refractivity (Wildman–Crippen MR) is 283 cm³/mol.